The molecule has 1 N–H and O–H groups in total. The molecule has 3 aromatic carbocycles. The minimum Gasteiger partial charge on any atom is -0.493 e. The molecule has 0 spiro atoms. The second-order valence-electron chi connectivity index (χ2n) is 7.42. The molecule has 0 aliphatic carbocycles. The van der Waals surface area contributed by atoms with E-state index < -0.39 is 5.92 Å². The van der Waals surface area contributed by atoms with E-state index in [9.17, 15) is 14.9 Å². The van der Waals surface area contributed by atoms with E-state index in [1.54, 1.807) is 54.6 Å². The predicted molar refractivity (Wildman–Crippen MR) is 127 cm³/mol. The fourth-order valence-corrected chi connectivity index (χ4v) is 3.85. The number of nitrogens with one attached hydrogen (secondary N) is 1. The van der Waals surface area contributed by atoms with Gasteiger partial charge in [-0.15, -0.1) is 0 Å². The monoisotopic (exact) mass is 496 g/mol. The maximum Gasteiger partial charge on any atom is 0.313 e. The van der Waals surface area contributed by atoms with Crippen molar-refractivity contribution in [2.45, 2.75) is 12.3 Å². The van der Waals surface area contributed by atoms with Crippen molar-refractivity contribution in [3.63, 3.8) is 0 Å². The summed E-state index contributed by atoms with van der Waals surface area (Å²) in [5.74, 6) is -0.0466. The van der Waals surface area contributed by atoms with Crippen molar-refractivity contribution < 1.29 is 23.8 Å². The molecule has 1 aliphatic rings. The number of carbonyl (C=O) groups excluding carboxylic acids is 2. The molecule has 4 rings (SSSR count). The van der Waals surface area contributed by atoms with E-state index in [4.69, 9.17) is 37.4 Å². The van der Waals surface area contributed by atoms with Gasteiger partial charge in [0.1, 0.15) is 23.3 Å². The van der Waals surface area contributed by atoms with Gasteiger partial charge in [0.05, 0.1) is 35.2 Å². The summed E-state index contributed by atoms with van der Waals surface area (Å²) in [6, 6.07) is 16.5. The Morgan fingerprint density at radius 3 is 2.53 bits per heavy atom. The number of hydrogen-bond acceptors (Lipinski definition) is 6. The second-order valence-corrected chi connectivity index (χ2v) is 8.23. The zero-order chi connectivity index (χ0) is 24.2. The molecule has 1 unspecified atom stereocenters. The molecule has 1 atom stereocenters. The zero-order valence-corrected chi connectivity index (χ0v) is 19.4. The quantitative estimate of drug-likeness (QED) is 0.438. The van der Waals surface area contributed by atoms with E-state index in [0.717, 1.165) is 0 Å². The summed E-state index contributed by atoms with van der Waals surface area (Å²) in [5, 5.41) is 13.1. The molecule has 0 fully saturated rings. The van der Waals surface area contributed by atoms with E-state index in [2.05, 4.69) is 11.4 Å². The maximum atomic E-state index is 12.5. The first-order valence-electron chi connectivity index (χ1n) is 10.2. The molecule has 0 saturated carbocycles. The third-order valence-electron chi connectivity index (χ3n) is 5.28. The predicted octanol–water partition coefficient (Wildman–Crippen LogP) is 5.95. The molecule has 1 aliphatic heterocycles. The number of nitriles is 1. The number of halogens is 2. The lowest BCUT2D eigenvalue weighted by molar-refractivity contribution is -0.143. The Morgan fingerprint density at radius 1 is 1.09 bits per heavy atom. The van der Waals surface area contributed by atoms with Crippen molar-refractivity contribution in [3.05, 3.63) is 81.3 Å². The molecule has 0 bridgehead atoms. The number of esters is 1. The average Bonchev–Trinajstić information content (AvgIpc) is 2.85. The average molecular weight is 497 g/mol. The number of anilines is 1. The van der Waals surface area contributed by atoms with Gasteiger partial charge in [0.15, 0.2) is 0 Å². The molecule has 0 aromatic heterocycles. The number of fused-ring (bicyclic) bond motifs is 1. The second kappa shape index (κ2) is 10.0. The first kappa shape index (κ1) is 23.4. The third kappa shape index (κ3) is 4.93. The van der Waals surface area contributed by atoms with E-state index >= 15 is 0 Å². The van der Waals surface area contributed by atoms with Crippen LogP contribution in [0.4, 0.5) is 5.69 Å². The highest BCUT2D eigenvalue weighted by atomic mass is 35.5. The van der Waals surface area contributed by atoms with Crippen LogP contribution < -0.4 is 14.8 Å². The Balaban J connectivity index is 1.52. The number of carbonyl (C=O) groups is 2. The molecule has 1 amide bonds. The van der Waals surface area contributed by atoms with Gasteiger partial charge in [-0.2, -0.15) is 5.26 Å². The van der Waals surface area contributed by atoms with Crippen LogP contribution in [0.3, 0.4) is 0 Å². The van der Waals surface area contributed by atoms with Gasteiger partial charge in [-0.3, -0.25) is 9.59 Å². The van der Waals surface area contributed by atoms with Crippen molar-refractivity contribution in [2.75, 3.05) is 19.0 Å². The molecule has 9 heteroatoms. The number of rotatable bonds is 5. The Labute approximate surface area is 205 Å². The Hall–Kier alpha value is -3.73. The number of amides is 1. The van der Waals surface area contributed by atoms with Crippen LogP contribution in [0.25, 0.3) is 0 Å². The number of hydrogen-bond donors (Lipinski definition) is 1. The van der Waals surface area contributed by atoms with Crippen molar-refractivity contribution in [1.29, 1.82) is 5.26 Å². The summed E-state index contributed by atoms with van der Waals surface area (Å²) in [5.41, 5.74) is 1.75. The number of nitrogens with zero attached hydrogens (tertiary/aromatic N) is 1. The summed E-state index contributed by atoms with van der Waals surface area (Å²) in [7, 11) is 1.33. The zero-order valence-electron chi connectivity index (χ0n) is 17.9. The van der Waals surface area contributed by atoms with Crippen molar-refractivity contribution in [1.82, 2.24) is 0 Å². The minimum atomic E-state index is -0.497. The normalized spacial score (nSPS) is 14.2. The smallest absolute Gasteiger partial charge is 0.313 e. The molecule has 172 valence electrons. The summed E-state index contributed by atoms with van der Waals surface area (Å²) >= 11 is 11.9. The first-order chi connectivity index (χ1) is 16.4. The highest BCUT2D eigenvalue weighted by Gasteiger charge is 2.30. The molecular formula is C25H18Cl2N2O5. The summed E-state index contributed by atoms with van der Waals surface area (Å²) in [6.45, 7) is 0.348. The highest BCUT2D eigenvalue weighted by molar-refractivity contribution is 6.42. The Kier molecular flexibility index (Phi) is 6.92. The highest BCUT2D eigenvalue weighted by Crippen LogP contribution is 2.40. The topological polar surface area (TPSA) is 97.7 Å². The number of ether oxygens (including phenoxy) is 3. The van der Waals surface area contributed by atoms with Gasteiger partial charge in [-0.25, -0.2) is 0 Å². The summed E-state index contributed by atoms with van der Waals surface area (Å²) < 4.78 is 16.4. The van der Waals surface area contributed by atoms with E-state index in [-0.39, 0.29) is 23.2 Å². The van der Waals surface area contributed by atoms with Crippen LogP contribution in [0, 0.1) is 11.3 Å². The summed E-state index contributed by atoms with van der Waals surface area (Å²) in [4.78, 5) is 24.6. The van der Waals surface area contributed by atoms with E-state index in [1.807, 2.05) is 0 Å². The van der Waals surface area contributed by atoms with Gasteiger partial charge < -0.3 is 19.5 Å². The largest absolute Gasteiger partial charge is 0.493 e. The van der Waals surface area contributed by atoms with Gasteiger partial charge in [-0.1, -0.05) is 23.2 Å². The lowest BCUT2D eigenvalue weighted by Gasteiger charge is -2.25. The Bertz CT molecular complexity index is 1300. The van der Waals surface area contributed by atoms with Crippen molar-refractivity contribution >= 4 is 40.8 Å². The van der Waals surface area contributed by atoms with Crippen LogP contribution in [0.5, 0.6) is 17.2 Å². The lowest BCUT2D eigenvalue weighted by Crippen LogP contribution is -2.22. The summed E-state index contributed by atoms with van der Waals surface area (Å²) in [6.07, 6.45) is 0.469. The van der Waals surface area contributed by atoms with Crippen molar-refractivity contribution in [3.8, 4) is 23.3 Å². The standard InChI is InChI=1S/C25H18Cl2N2O5/c1-32-25(31)18-8-9-33-23-12-22(15(13-28)10-19(18)23)34-17-5-2-14(3-6-17)24(30)29-16-4-7-20(26)21(27)11-16/h2-7,10-12,18H,8-9H2,1H3,(H,29,30). The number of methoxy groups -OCH3 is 1. The van der Waals surface area contributed by atoms with Crippen LogP contribution in [-0.2, 0) is 9.53 Å². The molecule has 0 saturated heterocycles. The number of benzene rings is 3. The lowest BCUT2D eigenvalue weighted by atomic mass is 9.91. The van der Waals surface area contributed by atoms with Crippen LogP contribution in [0.2, 0.25) is 10.0 Å². The molecule has 3 aromatic rings. The van der Waals surface area contributed by atoms with E-state index in [1.165, 1.54) is 7.11 Å². The maximum absolute atomic E-state index is 12.5. The third-order valence-corrected chi connectivity index (χ3v) is 6.02. The van der Waals surface area contributed by atoms with Crippen LogP contribution in [0.1, 0.15) is 33.8 Å². The van der Waals surface area contributed by atoms with Gasteiger partial charge >= 0.3 is 5.97 Å². The van der Waals surface area contributed by atoms with Gasteiger partial charge in [0.2, 0.25) is 0 Å². The first-order valence-corrected chi connectivity index (χ1v) is 11.0. The van der Waals surface area contributed by atoms with Crippen LogP contribution in [-0.4, -0.2) is 25.6 Å². The van der Waals surface area contributed by atoms with E-state index in [0.29, 0.717) is 51.4 Å². The van der Waals surface area contributed by atoms with Crippen molar-refractivity contribution in [2.24, 2.45) is 0 Å². The molecule has 0 radical (unpaired) electrons. The van der Waals surface area contributed by atoms with Crippen LogP contribution in [0.15, 0.2) is 54.6 Å². The molecular weight excluding hydrogens is 479 g/mol. The van der Waals surface area contributed by atoms with Crippen LogP contribution >= 0.6 is 23.2 Å². The van der Waals surface area contributed by atoms with Gasteiger partial charge in [0.25, 0.3) is 5.91 Å². The fraction of sp³-hybridized carbons (Fsp3) is 0.160. The SMILES string of the molecule is COC(=O)C1CCOc2cc(Oc3ccc(C(=O)Nc4ccc(Cl)c(Cl)c4)cc3)c(C#N)cc21. The minimum absolute atomic E-state index is 0.250. The Morgan fingerprint density at radius 2 is 1.85 bits per heavy atom. The molecule has 7 nitrogen and oxygen atoms in total. The molecule has 34 heavy (non-hydrogen) atoms. The fourth-order valence-electron chi connectivity index (χ4n) is 3.55. The van der Waals surface area contributed by atoms with Gasteiger partial charge in [0, 0.05) is 22.9 Å². The molecule has 1 heterocycles. The van der Waals surface area contributed by atoms with Gasteiger partial charge in [-0.05, 0) is 55.0 Å².